The Hall–Kier alpha value is -2.61. The number of esters is 1. The highest BCUT2D eigenvalue weighted by atomic mass is 16.5. The molecule has 0 bridgehead atoms. The first-order valence-corrected chi connectivity index (χ1v) is 6.94. The van der Waals surface area contributed by atoms with Gasteiger partial charge in [-0.05, 0) is 41.0 Å². The number of ether oxygens (including phenoxy) is 1. The van der Waals surface area contributed by atoms with Crippen LogP contribution in [0.25, 0.3) is 10.8 Å². The minimum atomic E-state index is -0.288. The van der Waals surface area contributed by atoms with Crippen molar-refractivity contribution < 1.29 is 9.53 Å². The molecule has 0 unspecified atom stereocenters. The number of carbonyl (C=O) groups is 1. The van der Waals surface area contributed by atoms with E-state index in [-0.39, 0.29) is 5.97 Å². The predicted molar refractivity (Wildman–Crippen MR) is 84.2 cm³/mol. The average molecular weight is 276 g/mol. The molecule has 0 amide bonds. The van der Waals surface area contributed by atoms with Crippen molar-refractivity contribution in [3.63, 3.8) is 0 Å². The highest BCUT2D eigenvalue weighted by molar-refractivity contribution is 5.95. The normalized spacial score (nSPS) is 10.5. The van der Waals surface area contributed by atoms with Gasteiger partial charge in [-0.15, -0.1) is 0 Å². The van der Waals surface area contributed by atoms with Crippen LogP contribution in [-0.2, 0) is 11.3 Å². The summed E-state index contributed by atoms with van der Waals surface area (Å²) in [6.07, 6.45) is 0. The van der Waals surface area contributed by atoms with Crippen LogP contribution in [-0.4, -0.2) is 5.97 Å². The lowest BCUT2D eigenvalue weighted by molar-refractivity contribution is 0.0472. The Balaban J connectivity index is 1.76. The molecule has 0 heterocycles. The van der Waals surface area contributed by atoms with Crippen molar-refractivity contribution in [1.29, 1.82) is 0 Å². The second-order valence-corrected chi connectivity index (χ2v) is 5.06. The molecule has 0 spiro atoms. The van der Waals surface area contributed by atoms with Gasteiger partial charge in [0.25, 0.3) is 0 Å². The van der Waals surface area contributed by atoms with Crippen molar-refractivity contribution in [2.75, 3.05) is 0 Å². The molecule has 2 nitrogen and oxygen atoms in total. The van der Waals surface area contributed by atoms with Gasteiger partial charge in [0.2, 0.25) is 0 Å². The quantitative estimate of drug-likeness (QED) is 0.658. The third-order valence-corrected chi connectivity index (χ3v) is 3.61. The number of hydrogen-bond acceptors (Lipinski definition) is 2. The molecule has 0 aromatic heterocycles. The Labute approximate surface area is 124 Å². The Kier molecular flexibility index (Phi) is 3.69. The summed E-state index contributed by atoms with van der Waals surface area (Å²) in [6.45, 7) is 2.32. The Morgan fingerprint density at radius 3 is 2.43 bits per heavy atom. The molecular weight excluding hydrogens is 260 g/mol. The summed E-state index contributed by atoms with van der Waals surface area (Å²) in [6, 6.07) is 21.5. The Morgan fingerprint density at radius 1 is 0.905 bits per heavy atom. The van der Waals surface area contributed by atoms with Crippen LogP contribution in [0.15, 0.2) is 66.7 Å². The van der Waals surface area contributed by atoms with Crippen LogP contribution in [0.4, 0.5) is 0 Å². The van der Waals surface area contributed by atoms with Crippen LogP contribution in [0.2, 0.25) is 0 Å². The van der Waals surface area contributed by atoms with E-state index in [1.165, 1.54) is 0 Å². The van der Waals surface area contributed by atoms with Crippen LogP contribution in [0.3, 0.4) is 0 Å². The van der Waals surface area contributed by atoms with Crippen molar-refractivity contribution in [2.24, 2.45) is 0 Å². The van der Waals surface area contributed by atoms with Crippen LogP contribution >= 0.6 is 0 Å². The Bertz CT molecular complexity index is 790. The number of carbonyl (C=O) groups excluding carboxylic acids is 1. The van der Waals surface area contributed by atoms with Gasteiger partial charge in [0.15, 0.2) is 0 Å². The first-order valence-electron chi connectivity index (χ1n) is 6.94. The highest BCUT2D eigenvalue weighted by Gasteiger charge is 2.08. The maximum Gasteiger partial charge on any atom is 0.338 e. The standard InChI is InChI=1S/C19H16O2/c1-14-6-2-3-9-18(14)13-21-19(20)17-11-10-15-7-4-5-8-16(15)12-17/h2-12H,13H2,1H3. The average Bonchev–Trinajstić information content (AvgIpc) is 2.53. The molecule has 0 saturated heterocycles. The zero-order chi connectivity index (χ0) is 14.7. The number of benzene rings is 3. The van der Waals surface area contributed by atoms with Gasteiger partial charge in [-0.1, -0.05) is 54.6 Å². The molecule has 0 aliphatic rings. The molecule has 21 heavy (non-hydrogen) atoms. The zero-order valence-electron chi connectivity index (χ0n) is 11.9. The van der Waals surface area contributed by atoms with E-state index in [0.29, 0.717) is 12.2 Å². The number of fused-ring (bicyclic) bond motifs is 1. The summed E-state index contributed by atoms with van der Waals surface area (Å²) < 4.78 is 5.40. The lowest BCUT2D eigenvalue weighted by Gasteiger charge is -2.08. The molecule has 3 aromatic carbocycles. The molecule has 0 radical (unpaired) electrons. The van der Waals surface area contributed by atoms with Crippen molar-refractivity contribution in [1.82, 2.24) is 0 Å². The number of rotatable bonds is 3. The number of aryl methyl sites for hydroxylation is 1. The van der Waals surface area contributed by atoms with Crippen molar-refractivity contribution in [3.05, 3.63) is 83.4 Å². The molecule has 3 aromatic rings. The largest absolute Gasteiger partial charge is 0.457 e. The maximum absolute atomic E-state index is 12.2. The van der Waals surface area contributed by atoms with Gasteiger partial charge in [-0.3, -0.25) is 0 Å². The number of hydrogen-bond donors (Lipinski definition) is 0. The summed E-state index contributed by atoms with van der Waals surface area (Å²) >= 11 is 0. The van der Waals surface area contributed by atoms with Gasteiger partial charge in [0.05, 0.1) is 5.56 Å². The molecule has 104 valence electrons. The summed E-state index contributed by atoms with van der Waals surface area (Å²) in [5.41, 5.74) is 2.75. The highest BCUT2D eigenvalue weighted by Crippen LogP contribution is 2.17. The minimum Gasteiger partial charge on any atom is -0.457 e. The molecule has 2 heteroatoms. The third kappa shape index (κ3) is 2.95. The van der Waals surface area contributed by atoms with E-state index >= 15 is 0 Å². The fraction of sp³-hybridized carbons (Fsp3) is 0.105. The summed E-state index contributed by atoms with van der Waals surface area (Å²) in [5.74, 6) is -0.288. The van der Waals surface area contributed by atoms with E-state index in [1.807, 2.05) is 73.7 Å². The fourth-order valence-electron chi connectivity index (χ4n) is 2.31. The van der Waals surface area contributed by atoms with Crippen LogP contribution < -0.4 is 0 Å². The minimum absolute atomic E-state index is 0.288. The first-order chi connectivity index (χ1) is 10.2. The van der Waals surface area contributed by atoms with Crippen LogP contribution in [0, 0.1) is 6.92 Å². The van der Waals surface area contributed by atoms with Gasteiger partial charge < -0.3 is 4.74 Å². The summed E-state index contributed by atoms with van der Waals surface area (Å²) in [7, 11) is 0. The molecule has 0 fully saturated rings. The van der Waals surface area contributed by atoms with Crippen molar-refractivity contribution >= 4 is 16.7 Å². The lowest BCUT2D eigenvalue weighted by Crippen LogP contribution is -2.05. The van der Waals surface area contributed by atoms with Gasteiger partial charge in [-0.25, -0.2) is 4.79 Å². The van der Waals surface area contributed by atoms with E-state index in [9.17, 15) is 4.79 Å². The third-order valence-electron chi connectivity index (χ3n) is 3.61. The summed E-state index contributed by atoms with van der Waals surface area (Å²) in [5, 5.41) is 2.16. The van der Waals surface area contributed by atoms with Crippen molar-refractivity contribution in [2.45, 2.75) is 13.5 Å². The lowest BCUT2D eigenvalue weighted by atomic mass is 10.1. The summed E-state index contributed by atoms with van der Waals surface area (Å²) in [4.78, 5) is 12.2. The first kappa shape index (κ1) is 13.4. The molecule has 0 atom stereocenters. The molecule has 0 N–H and O–H groups in total. The second kappa shape index (κ2) is 5.80. The van der Waals surface area contributed by atoms with Crippen LogP contribution in [0.1, 0.15) is 21.5 Å². The van der Waals surface area contributed by atoms with Gasteiger partial charge in [0.1, 0.15) is 6.61 Å². The van der Waals surface area contributed by atoms with Crippen molar-refractivity contribution in [3.8, 4) is 0 Å². The Morgan fingerprint density at radius 2 is 1.62 bits per heavy atom. The van der Waals surface area contributed by atoms with E-state index in [0.717, 1.165) is 21.9 Å². The maximum atomic E-state index is 12.2. The second-order valence-electron chi connectivity index (χ2n) is 5.06. The topological polar surface area (TPSA) is 26.3 Å². The van der Waals surface area contributed by atoms with Gasteiger partial charge >= 0.3 is 5.97 Å². The van der Waals surface area contributed by atoms with E-state index < -0.39 is 0 Å². The zero-order valence-corrected chi connectivity index (χ0v) is 11.9. The van der Waals surface area contributed by atoms with Gasteiger partial charge in [-0.2, -0.15) is 0 Å². The molecule has 0 saturated carbocycles. The molecular formula is C19H16O2. The molecule has 0 aliphatic carbocycles. The van der Waals surface area contributed by atoms with Crippen LogP contribution in [0.5, 0.6) is 0 Å². The SMILES string of the molecule is Cc1ccccc1COC(=O)c1ccc2ccccc2c1. The van der Waals surface area contributed by atoms with Gasteiger partial charge in [0, 0.05) is 0 Å². The molecule has 3 rings (SSSR count). The molecule has 0 aliphatic heterocycles. The fourth-order valence-corrected chi connectivity index (χ4v) is 2.31. The predicted octanol–water partition coefficient (Wildman–Crippen LogP) is 4.51. The van der Waals surface area contributed by atoms with E-state index in [1.54, 1.807) is 0 Å². The monoisotopic (exact) mass is 276 g/mol. The van der Waals surface area contributed by atoms with E-state index in [2.05, 4.69) is 0 Å². The smallest absolute Gasteiger partial charge is 0.338 e. The van der Waals surface area contributed by atoms with E-state index in [4.69, 9.17) is 4.74 Å².